The SMILES string of the molecule is N#CCC(=O)N1CCc2cc(-c3ccncc3)ccc21. The van der Waals surface area contributed by atoms with Crippen molar-refractivity contribution in [1.29, 1.82) is 5.26 Å². The van der Waals surface area contributed by atoms with E-state index in [2.05, 4.69) is 11.1 Å². The van der Waals surface area contributed by atoms with Crippen LogP contribution in [-0.4, -0.2) is 17.4 Å². The zero-order valence-electron chi connectivity index (χ0n) is 10.9. The number of benzene rings is 1. The molecule has 1 amide bonds. The molecule has 0 unspecified atom stereocenters. The average molecular weight is 263 g/mol. The number of fused-ring (bicyclic) bond motifs is 1. The first-order chi connectivity index (χ1) is 9.79. The molecule has 20 heavy (non-hydrogen) atoms. The molecule has 0 spiro atoms. The number of rotatable bonds is 2. The Balaban J connectivity index is 1.93. The van der Waals surface area contributed by atoms with E-state index in [0.717, 1.165) is 28.8 Å². The van der Waals surface area contributed by atoms with Crippen LogP contribution in [0.2, 0.25) is 0 Å². The summed E-state index contributed by atoms with van der Waals surface area (Å²) in [5, 5.41) is 8.63. The Morgan fingerprint density at radius 1 is 1.25 bits per heavy atom. The first-order valence-electron chi connectivity index (χ1n) is 6.50. The highest BCUT2D eigenvalue weighted by molar-refractivity contribution is 5.97. The van der Waals surface area contributed by atoms with Crippen LogP contribution in [0.15, 0.2) is 42.7 Å². The molecule has 3 rings (SSSR count). The third-order valence-corrected chi connectivity index (χ3v) is 3.52. The summed E-state index contributed by atoms with van der Waals surface area (Å²) >= 11 is 0. The lowest BCUT2D eigenvalue weighted by Gasteiger charge is -2.15. The standard InChI is InChI=1S/C16H13N3O/c17-7-3-16(20)19-10-6-14-11-13(1-2-15(14)19)12-4-8-18-9-5-12/h1-2,4-5,8-9,11H,3,6,10H2. The molecule has 2 heterocycles. The van der Waals surface area contributed by atoms with Crippen LogP contribution in [0.3, 0.4) is 0 Å². The summed E-state index contributed by atoms with van der Waals surface area (Å²) in [7, 11) is 0. The second kappa shape index (κ2) is 5.14. The number of carbonyl (C=O) groups is 1. The zero-order chi connectivity index (χ0) is 13.9. The Kier molecular flexibility index (Phi) is 3.18. The van der Waals surface area contributed by atoms with Gasteiger partial charge < -0.3 is 4.90 Å². The normalized spacial score (nSPS) is 12.8. The van der Waals surface area contributed by atoms with Gasteiger partial charge in [0.1, 0.15) is 6.42 Å². The Hall–Kier alpha value is -2.67. The van der Waals surface area contributed by atoms with Crippen molar-refractivity contribution in [2.75, 3.05) is 11.4 Å². The van der Waals surface area contributed by atoms with Gasteiger partial charge >= 0.3 is 0 Å². The van der Waals surface area contributed by atoms with Crippen LogP contribution in [0.25, 0.3) is 11.1 Å². The van der Waals surface area contributed by atoms with E-state index in [9.17, 15) is 4.79 Å². The maximum absolute atomic E-state index is 11.9. The fourth-order valence-electron chi connectivity index (χ4n) is 2.55. The number of aromatic nitrogens is 1. The van der Waals surface area contributed by atoms with E-state index in [1.54, 1.807) is 17.3 Å². The Bertz CT molecular complexity index is 689. The number of amides is 1. The third-order valence-electron chi connectivity index (χ3n) is 3.52. The number of nitriles is 1. The predicted octanol–water partition coefficient (Wildman–Crippen LogP) is 2.55. The summed E-state index contributed by atoms with van der Waals surface area (Å²) in [6, 6.07) is 11.9. The smallest absolute Gasteiger partial charge is 0.241 e. The summed E-state index contributed by atoms with van der Waals surface area (Å²) in [5.41, 5.74) is 4.33. The van der Waals surface area contributed by atoms with Crippen molar-refractivity contribution in [2.45, 2.75) is 12.8 Å². The molecule has 0 bridgehead atoms. The van der Waals surface area contributed by atoms with E-state index in [1.165, 1.54) is 0 Å². The number of anilines is 1. The van der Waals surface area contributed by atoms with Gasteiger partial charge in [0.05, 0.1) is 6.07 Å². The molecule has 1 aliphatic heterocycles. The highest BCUT2D eigenvalue weighted by Crippen LogP contribution is 2.32. The van der Waals surface area contributed by atoms with Gasteiger partial charge in [0.15, 0.2) is 0 Å². The van der Waals surface area contributed by atoms with Crippen molar-refractivity contribution < 1.29 is 4.79 Å². The van der Waals surface area contributed by atoms with E-state index in [0.29, 0.717) is 6.54 Å². The van der Waals surface area contributed by atoms with Crippen molar-refractivity contribution in [3.63, 3.8) is 0 Å². The molecule has 1 aromatic carbocycles. The van der Waals surface area contributed by atoms with Crippen LogP contribution in [0, 0.1) is 11.3 Å². The molecule has 0 N–H and O–H groups in total. The molecular formula is C16H13N3O. The Morgan fingerprint density at radius 3 is 2.80 bits per heavy atom. The number of hydrogen-bond donors (Lipinski definition) is 0. The van der Waals surface area contributed by atoms with Crippen molar-refractivity contribution in [2.24, 2.45) is 0 Å². The topological polar surface area (TPSA) is 57.0 Å². The largest absolute Gasteiger partial charge is 0.311 e. The van der Waals surface area contributed by atoms with Crippen LogP contribution in [0.5, 0.6) is 0 Å². The van der Waals surface area contributed by atoms with Gasteiger partial charge in [-0.15, -0.1) is 0 Å². The van der Waals surface area contributed by atoms with Crippen LogP contribution in [0.1, 0.15) is 12.0 Å². The van der Waals surface area contributed by atoms with E-state index in [-0.39, 0.29) is 12.3 Å². The highest BCUT2D eigenvalue weighted by atomic mass is 16.2. The second-order valence-electron chi connectivity index (χ2n) is 4.71. The van der Waals surface area contributed by atoms with Gasteiger partial charge in [-0.25, -0.2) is 0 Å². The molecule has 0 saturated carbocycles. The number of carbonyl (C=O) groups excluding carboxylic acids is 1. The number of hydrogen-bond acceptors (Lipinski definition) is 3. The number of nitrogens with zero attached hydrogens (tertiary/aromatic N) is 3. The molecule has 0 saturated heterocycles. The summed E-state index contributed by atoms with van der Waals surface area (Å²) in [5.74, 6) is -0.122. The molecule has 0 radical (unpaired) electrons. The summed E-state index contributed by atoms with van der Waals surface area (Å²) in [6.07, 6.45) is 4.31. The van der Waals surface area contributed by atoms with Gasteiger partial charge in [-0.2, -0.15) is 5.26 Å². The lowest BCUT2D eigenvalue weighted by Crippen LogP contribution is -2.28. The molecule has 4 nitrogen and oxygen atoms in total. The second-order valence-corrected chi connectivity index (χ2v) is 4.71. The van der Waals surface area contributed by atoms with Gasteiger partial charge in [-0.05, 0) is 47.4 Å². The minimum absolute atomic E-state index is 0.0639. The van der Waals surface area contributed by atoms with Crippen LogP contribution in [-0.2, 0) is 11.2 Å². The van der Waals surface area contributed by atoms with Crippen LogP contribution >= 0.6 is 0 Å². The van der Waals surface area contributed by atoms with Crippen molar-refractivity contribution in [3.05, 3.63) is 48.3 Å². The summed E-state index contributed by atoms with van der Waals surface area (Å²) < 4.78 is 0. The van der Waals surface area contributed by atoms with Gasteiger partial charge in [0.25, 0.3) is 0 Å². The average Bonchev–Trinajstić information content (AvgIpc) is 2.91. The van der Waals surface area contributed by atoms with Crippen molar-refractivity contribution in [1.82, 2.24) is 4.98 Å². The molecule has 2 aromatic rings. The van der Waals surface area contributed by atoms with E-state index in [4.69, 9.17) is 5.26 Å². The lowest BCUT2D eigenvalue weighted by molar-refractivity contribution is -0.117. The fourth-order valence-corrected chi connectivity index (χ4v) is 2.55. The summed E-state index contributed by atoms with van der Waals surface area (Å²) in [6.45, 7) is 0.662. The zero-order valence-corrected chi connectivity index (χ0v) is 10.9. The van der Waals surface area contributed by atoms with E-state index in [1.807, 2.05) is 30.3 Å². The maximum atomic E-state index is 11.9. The van der Waals surface area contributed by atoms with Crippen molar-refractivity contribution in [3.8, 4) is 17.2 Å². The van der Waals surface area contributed by atoms with Gasteiger partial charge in [-0.1, -0.05) is 6.07 Å². The highest BCUT2D eigenvalue weighted by Gasteiger charge is 2.24. The maximum Gasteiger partial charge on any atom is 0.241 e. The molecule has 0 aliphatic carbocycles. The lowest BCUT2D eigenvalue weighted by atomic mass is 10.0. The molecule has 0 fully saturated rings. The summed E-state index contributed by atoms with van der Waals surface area (Å²) in [4.78, 5) is 17.6. The number of pyridine rings is 1. The molecular weight excluding hydrogens is 250 g/mol. The predicted molar refractivity (Wildman–Crippen MR) is 76.0 cm³/mol. The molecule has 1 aliphatic rings. The van der Waals surface area contributed by atoms with Gasteiger partial charge in [-0.3, -0.25) is 9.78 Å². The molecule has 4 heteroatoms. The van der Waals surface area contributed by atoms with Crippen LogP contribution < -0.4 is 4.90 Å². The van der Waals surface area contributed by atoms with E-state index >= 15 is 0 Å². The van der Waals surface area contributed by atoms with E-state index < -0.39 is 0 Å². The minimum Gasteiger partial charge on any atom is -0.311 e. The first-order valence-corrected chi connectivity index (χ1v) is 6.50. The monoisotopic (exact) mass is 263 g/mol. The first kappa shape index (κ1) is 12.4. The molecule has 0 atom stereocenters. The Labute approximate surface area is 117 Å². The molecule has 98 valence electrons. The van der Waals surface area contributed by atoms with Gasteiger partial charge in [0.2, 0.25) is 5.91 Å². The molecule has 1 aromatic heterocycles. The third kappa shape index (κ3) is 2.14. The quantitative estimate of drug-likeness (QED) is 0.836. The Morgan fingerprint density at radius 2 is 2.05 bits per heavy atom. The van der Waals surface area contributed by atoms with Crippen molar-refractivity contribution >= 4 is 11.6 Å². The van der Waals surface area contributed by atoms with Crippen LogP contribution in [0.4, 0.5) is 5.69 Å². The minimum atomic E-state index is -0.122. The fraction of sp³-hybridized carbons (Fsp3) is 0.188. The van der Waals surface area contributed by atoms with Gasteiger partial charge in [0, 0.05) is 24.6 Å².